The molecular formula is C10H8BrCl2N3O3S. The molecule has 0 fully saturated rings. The van der Waals surface area contributed by atoms with Gasteiger partial charge < -0.3 is 4.52 Å². The Morgan fingerprint density at radius 1 is 1.35 bits per heavy atom. The van der Waals surface area contributed by atoms with Gasteiger partial charge in [0.05, 0.1) is 10.0 Å². The monoisotopic (exact) mass is 399 g/mol. The van der Waals surface area contributed by atoms with Crippen molar-refractivity contribution in [2.75, 3.05) is 4.72 Å². The molecule has 0 spiro atoms. The van der Waals surface area contributed by atoms with Crippen molar-refractivity contribution in [1.29, 1.82) is 0 Å². The molecule has 2 aromatic rings. The molecule has 0 bridgehead atoms. The average Bonchev–Trinajstić information content (AvgIpc) is 2.80. The molecular weight excluding hydrogens is 393 g/mol. The van der Waals surface area contributed by atoms with Crippen molar-refractivity contribution in [2.45, 2.75) is 18.2 Å². The van der Waals surface area contributed by atoms with Crippen LogP contribution in [0.1, 0.15) is 12.8 Å². The third-order valence-corrected chi connectivity index (χ3v) is 5.25. The molecule has 20 heavy (non-hydrogen) atoms. The van der Waals surface area contributed by atoms with Gasteiger partial charge in [0.2, 0.25) is 5.89 Å². The maximum Gasteiger partial charge on any atom is 0.277 e. The Labute approximate surface area is 133 Å². The van der Waals surface area contributed by atoms with Gasteiger partial charge >= 0.3 is 0 Å². The highest BCUT2D eigenvalue weighted by Crippen LogP contribution is 2.32. The minimum absolute atomic E-state index is 0.00934. The zero-order valence-electron chi connectivity index (χ0n) is 10.0. The van der Waals surface area contributed by atoms with E-state index in [1.54, 1.807) is 6.92 Å². The number of benzene rings is 1. The van der Waals surface area contributed by atoms with Crippen LogP contribution in [0.3, 0.4) is 0 Å². The largest absolute Gasteiger partial charge is 0.337 e. The first-order valence-electron chi connectivity index (χ1n) is 5.33. The van der Waals surface area contributed by atoms with E-state index < -0.39 is 10.0 Å². The van der Waals surface area contributed by atoms with Crippen molar-refractivity contribution < 1.29 is 12.9 Å². The van der Waals surface area contributed by atoms with E-state index in [1.807, 2.05) is 0 Å². The molecule has 1 heterocycles. The maximum atomic E-state index is 12.2. The summed E-state index contributed by atoms with van der Waals surface area (Å²) in [4.78, 5) is 3.72. The standard InChI is InChI=1S/C10H8BrCl2N3O3S/c1-2-9-14-10(15-19-9)16-20(17,18)8-3-5(11)6(12)4-7(8)13/h3-4H,2H2,1H3,(H,15,16). The molecule has 10 heteroatoms. The average molecular weight is 401 g/mol. The van der Waals surface area contributed by atoms with E-state index in [9.17, 15) is 8.42 Å². The number of nitrogens with zero attached hydrogens (tertiary/aromatic N) is 2. The predicted molar refractivity (Wildman–Crippen MR) is 78.6 cm³/mol. The molecule has 6 nitrogen and oxygen atoms in total. The Hall–Kier alpha value is -0.830. The summed E-state index contributed by atoms with van der Waals surface area (Å²) in [5.74, 6) is 0.176. The van der Waals surface area contributed by atoms with E-state index in [0.717, 1.165) is 0 Å². The molecule has 0 aliphatic heterocycles. The molecule has 1 aromatic heterocycles. The molecule has 2 rings (SSSR count). The summed E-state index contributed by atoms with van der Waals surface area (Å²) in [7, 11) is -3.93. The fourth-order valence-corrected chi connectivity index (χ4v) is 3.53. The predicted octanol–water partition coefficient (Wildman–Crippen LogP) is 3.50. The van der Waals surface area contributed by atoms with E-state index in [0.29, 0.717) is 21.8 Å². The smallest absolute Gasteiger partial charge is 0.277 e. The molecule has 0 aliphatic rings. The number of rotatable bonds is 4. The first-order valence-corrected chi connectivity index (χ1v) is 8.36. The number of aryl methyl sites for hydroxylation is 1. The molecule has 0 atom stereocenters. The van der Waals surface area contributed by atoms with Gasteiger partial charge in [0.1, 0.15) is 4.90 Å². The summed E-state index contributed by atoms with van der Waals surface area (Å²) in [5, 5.41) is 3.81. The van der Waals surface area contributed by atoms with E-state index in [-0.39, 0.29) is 15.9 Å². The quantitative estimate of drug-likeness (QED) is 0.793. The third-order valence-electron chi connectivity index (χ3n) is 2.26. The van der Waals surface area contributed by atoms with Crippen LogP contribution in [0.2, 0.25) is 10.0 Å². The fraction of sp³-hybridized carbons (Fsp3) is 0.200. The topological polar surface area (TPSA) is 85.1 Å². The van der Waals surface area contributed by atoms with Crippen LogP contribution in [0.5, 0.6) is 0 Å². The number of aromatic nitrogens is 2. The number of sulfonamides is 1. The van der Waals surface area contributed by atoms with Crippen molar-refractivity contribution in [3.05, 3.63) is 32.5 Å². The number of nitrogens with one attached hydrogen (secondary N) is 1. The molecule has 1 N–H and O–H groups in total. The zero-order chi connectivity index (χ0) is 14.9. The lowest BCUT2D eigenvalue weighted by atomic mass is 10.4. The van der Waals surface area contributed by atoms with Crippen LogP contribution in [0.15, 0.2) is 26.0 Å². The number of halogens is 3. The summed E-state index contributed by atoms with van der Waals surface area (Å²) in [6.45, 7) is 1.80. The second-order valence-corrected chi connectivity index (χ2v) is 6.99. The van der Waals surface area contributed by atoms with Crippen LogP contribution in [-0.4, -0.2) is 18.6 Å². The molecule has 0 amide bonds. The lowest BCUT2D eigenvalue weighted by molar-refractivity contribution is 0.383. The molecule has 108 valence electrons. The molecule has 0 radical (unpaired) electrons. The molecule has 0 aliphatic carbocycles. The lowest BCUT2D eigenvalue weighted by Crippen LogP contribution is -2.14. The molecule has 1 aromatic carbocycles. The van der Waals surface area contributed by atoms with Gasteiger partial charge in [-0.15, -0.1) is 0 Å². The summed E-state index contributed by atoms with van der Waals surface area (Å²) >= 11 is 14.9. The number of hydrogen-bond donors (Lipinski definition) is 1. The highest BCUT2D eigenvalue weighted by Gasteiger charge is 2.22. The van der Waals surface area contributed by atoms with Gasteiger partial charge in [0.25, 0.3) is 16.0 Å². The van der Waals surface area contributed by atoms with Crippen LogP contribution in [0.25, 0.3) is 0 Å². The Balaban J connectivity index is 2.37. The van der Waals surface area contributed by atoms with Crippen LogP contribution in [-0.2, 0) is 16.4 Å². The first kappa shape index (κ1) is 15.6. The van der Waals surface area contributed by atoms with E-state index in [4.69, 9.17) is 27.7 Å². The van der Waals surface area contributed by atoms with Crippen LogP contribution < -0.4 is 4.72 Å². The van der Waals surface area contributed by atoms with Gasteiger partial charge in [-0.25, -0.2) is 13.1 Å². The van der Waals surface area contributed by atoms with Gasteiger partial charge in [0.15, 0.2) is 0 Å². The van der Waals surface area contributed by atoms with Crippen molar-refractivity contribution in [3.8, 4) is 0 Å². The van der Waals surface area contributed by atoms with Gasteiger partial charge in [-0.05, 0) is 33.2 Å². The Morgan fingerprint density at radius 3 is 2.65 bits per heavy atom. The van der Waals surface area contributed by atoms with Gasteiger partial charge in [-0.3, -0.25) is 0 Å². The summed E-state index contributed by atoms with van der Waals surface area (Å²) in [5.41, 5.74) is 0. The molecule has 0 unspecified atom stereocenters. The normalized spacial score (nSPS) is 11.6. The van der Waals surface area contributed by atoms with Crippen LogP contribution >= 0.6 is 39.1 Å². The fourth-order valence-electron chi connectivity index (χ4n) is 1.33. The lowest BCUT2D eigenvalue weighted by Gasteiger charge is -2.07. The van der Waals surface area contributed by atoms with Crippen molar-refractivity contribution in [3.63, 3.8) is 0 Å². The van der Waals surface area contributed by atoms with Gasteiger partial charge in [-0.2, -0.15) is 4.98 Å². The highest BCUT2D eigenvalue weighted by atomic mass is 79.9. The van der Waals surface area contributed by atoms with Crippen molar-refractivity contribution >= 4 is 55.1 Å². The number of hydrogen-bond acceptors (Lipinski definition) is 5. The second-order valence-electron chi connectivity index (χ2n) is 3.67. The SMILES string of the molecule is CCc1nc(NS(=O)(=O)c2cc(Br)c(Cl)cc2Cl)no1. The third kappa shape index (κ3) is 3.25. The minimum atomic E-state index is -3.93. The van der Waals surface area contributed by atoms with Gasteiger partial charge in [-0.1, -0.05) is 30.1 Å². The Morgan fingerprint density at radius 2 is 2.05 bits per heavy atom. The van der Waals surface area contributed by atoms with E-state index in [2.05, 4.69) is 30.8 Å². The molecule has 0 saturated carbocycles. The summed E-state index contributed by atoms with van der Waals surface area (Å²) < 4.78 is 31.8. The van der Waals surface area contributed by atoms with E-state index >= 15 is 0 Å². The van der Waals surface area contributed by atoms with Gasteiger partial charge in [0, 0.05) is 10.9 Å². The highest BCUT2D eigenvalue weighted by molar-refractivity contribution is 9.10. The van der Waals surface area contributed by atoms with Crippen LogP contribution in [0.4, 0.5) is 5.95 Å². The zero-order valence-corrected chi connectivity index (χ0v) is 13.9. The van der Waals surface area contributed by atoms with Crippen LogP contribution in [0, 0.1) is 0 Å². The minimum Gasteiger partial charge on any atom is -0.337 e. The van der Waals surface area contributed by atoms with Crippen molar-refractivity contribution in [1.82, 2.24) is 10.1 Å². The van der Waals surface area contributed by atoms with E-state index in [1.165, 1.54) is 12.1 Å². The van der Waals surface area contributed by atoms with Crippen molar-refractivity contribution in [2.24, 2.45) is 0 Å². The molecule has 0 saturated heterocycles. The summed E-state index contributed by atoms with van der Waals surface area (Å²) in [6.07, 6.45) is 0.502. The number of anilines is 1. The first-order chi connectivity index (χ1) is 9.33. The Kier molecular flexibility index (Phi) is 4.58. The Bertz CT molecular complexity index is 748. The second kappa shape index (κ2) is 5.88. The maximum absolute atomic E-state index is 12.2. The summed E-state index contributed by atoms with van der Waals surface area (Å²) in [6, 6.07) is 2.63.